The molecule has 0 unspecified atom stereocenters. The lowest BCUT2D eigenvalue weighted by Gasteiger charge is -2.31. The molecular weight excluding hydrogens is 323 g/mol. The molecule has 1 saturated heterocycles. The summed E-state index contributed by atoms with van der Waals surface area (Å²) in [5.41, 5.74) is 0.521. The number of hydrogen-bond acceptors (Lipinski definition) is 5. The van der Waals surface area contributed by atoms with Crippen molar-refractivity contribution in [2.75, 3.05) is 13.1 Å². The topological polar surface area (TPSA) is 51.4 Å². The van der Waals surface area contributed by atoms with E-state index in [1.54, 1.807) is 18.2 Å². The zero-order valence-electron chi connectivity index (χ0n) is 13.0. The molecule has 1 atom stereocenters. The summed E-state index contributed by atoms with van der Waals surface area (Å²) in [6.45, 7) is 1.92. The number of nitrogens with zero attached hydrogens (tertiary/aromatic N) is 3. The summed E-state index contributed by atoms with van der Waals surface area (Å²) in [6.07, 6.45) is -1.01. The maximum absolute atomic E-state index is 13.6. The van der Waals surface area contributed by atoms with Crippen molar-refractivity contribution in [2.24, 2.45) is 0 Å². The number of halogens is 3. The molecule has 0 bridgehead atoms. The van der Waals surface area contributed by atoms with E-state index in [0.29, 0.717) is 18.7 Å². The smallest absolute Gasteiger partial charge is 0.300 e. The van der Waals surface area contributed by atoms with Crippen molar-refractivity contribution in [3.05, 3.63) is 47.4 Å². The van der Waals surface area contributed by atoms with Gasteiger partial charge >= 0.3 is 6.43 Å². The molecule has 0 amide bonds. The van der Waals surface area contributed by atoms with Gasteiger partial charge in [0.05, 0.1) is 19.3 Å². The molecule has 0 spiro atoms. The molecule has 2 aromatic rings. The van der Waals surface area contributed by atoms with Gasteiger partial charge in [0.2, 0.25) is 11.7 Å². The first-order chi connectivity index (χ1) is 11.6. The van der Waals surface area contributed by atoms with Crippen LogP contribution >= 0.6 is 0 Å². The number of aromatic nitrogens is 2. The number of piperidine rings is 1. The molecule has 1 aromatic heterocycles. The molecule has 8 heteroatoms. The average molecular weight is 341 g/mol. The highest BCUT2D eigenvalue weighted by atomic mass is 19.3. The highest BCUT2D eigenvalue weighted by molar-refractivity contribution is 5.16. The number of likely N-dealkylation sites (tertiary alicyclic amines) is 1. The van der Waals surface area contributed by atoms with Gasteiger partial charge in [-0.1, -0.05) is 23.4 Å². The maximum atomic E-state index is 13.6. The van der Waals surface area contributed by atoms with Crippen molar-refractivity contribution in [3.63, 3.8) is 0 Å². The minimum atomic E-state index is -2.74. The molecule has 3 rings (SSSR count). The fraction of sp³-hybridized carbons (Fsp3) is 0.500. The Labute approximate surface area is 137 Å². The lowest BCUT2D eigenvalue weighted by atomic mass is 10.1. The number of hydrogen-bond donors (Lipinski definition) is 0. The van der Waals surface area contributed by atoms with E-state index in [-0.39, 0.29) is 24.4 Å². The van der Waals surface area contributed by atoms with Crippen molar-refractivity contribution in [1.29, 1.82) is 0 Å². The van der Waals surface area contributed by atoms with Crippen LogP contribution in [0.3, 0.4) is 0 Å². The first-order valence-electron chi connectivity index (χ1n) is 7.80. The summed E-state index contributed by atoms with van der Waals surface area (Å²) >= 11 is 0. The molecule has 1 aromatic carbocycles. The van der Waals surface area contributed by atoms with Crippen molar-refractivity contribution in [3.8, 4) is 0 Å². The van der Waals surface area contributed by atoms with Crippen LogP contribution < -0.4 is 0 Å². The molecule has 0 N–H and O–H groups in total. The van der Waals surface area contributed by atoms with Gasteiger partial charge in [-0.2, -0.15) is 4.98 Å². The Morgan fingerprint density at radius 2 is 2.17 bits per heavy atom. The Bertz CT molecular complexity index is 666. The van der Waals surface area contributed by atoms with Crippen LogP contribution in [0.2, 0.25) is 0 Å². The van der Waals surface area contributed by atoms with Gasteiger partial charge in [-0.3, -0.25) is 4.90 Å². The number of alkyl halides is 2. The summed E-state index contributed by atoms with van der Waals surface area (Å²) in [4.78, 5) is 5.69. The number of rotatable bonds is 6. The van der Waals surface area contributed by atoms with Crippen LogP contribution in [0.5, 0.6) is 0 Å². The van der Waals surface area contributed by atoms with E-state index in [9.17, 15) is 13.2 Å². The predicted octanol–water partition coefficient (Wildman–Crippen LogP) is 3.33. The molecule has 24 heavy (non-hydrogen) atoms. The van der Waals surface area contributed by atoms with Gasteiger partial charge in [0.15, 0.2) is 0 Å². The summed E-state index contributed by atoms with van der Waals surface area (Å²) in [5, 5.41) is 3.25. The quantitative estimate of drug-likeness (QED) is 0.807. The normalized spacial score (nSPS) is 19.1. The molecule has 2 heterocycles. The Balaban J connectivity index is 1.51. The van der Waals surface area contributed by atoms with Crippen LogP contribution in [0.15, 0.2) is 28.8 Å². The maximum Gasteiger partial charge on any atom is 0.300 e. The van der Waals surface area contributed by atoms with Crippen molar-refractivity contribution < 1.29 is 22.4 Å². The Morgan fingerprint density at radius 1 is 1.33 bits per heavy atom. The third-order valence-corrected chi connectivity index (χ3v) is 3.93. The minimum Gasteiger partial charge on any atom is -0.372 e. The average Bonchev–Trinajstić information content (AvgIpc) is 3.03. The largest absolute Gasteiger partial charge is 0.372 e. The molecule has 5 nitrogen and oxygen atoms in total. The van der Waals surface area contributed by atoms with Gasteiger partial charge in [0.25, 0.3) is 0 Å². The highest BCUT2D eigenvalue weighted by Crippen LogP contribution is 2.19. The minimum absolute atomic E-state index is 0.0455. The molecule has 0 aliphatic carbocycles. The first kappa shape index (κ1) is 16.9. The Hall–Kier alpha value is -1.93. The predicted molar refractivity (Wildman–Crippen MR) is 78.7 cm³/mol. The third kappa shape index (κ3) is 4.33. The fourth-order valence-corrected chi connectivity index (χ4v) is 2.73. The summed E-state index contributed by atoms with van der Waals surface area (Å²) < 4.78 is 49.2. The third-order valence-electron chi connectivity index (χ3n) is 3.93. The Morgan fingerprint density at radius 3 is 2.92 bits per heavy atom. The van der Waals surface area contributed by atoms with Crippen LogP contribution in [0, 0.1) is 5.82 Å². The molecule has 1 aliphatic rings. The standard InChI is InChI=1S/C16H18F3N3O2/c17-13-6-2-1-4-11(13)10-23-12-5-3-7-22(8-12)9-14-20-16(15(18)19)21-24-14/h1-2,4,6,12,15H,3,5,7-10H2/t12-/m0/s1. The van der Waals surface area contributed by atoms with Crippen molar-refractivity contribution >= 4 is 0 Å². The number of ether oxygens (including phenoxy) is 1. The Kier molecular flexibility index (Phi) is 5.47. The summed E-state index contributed by atoms with van der Waals surface area (Å²) in [6, 6.07) is 6.51. The van der Waals surface area contributed by atoms with Crippen molar-refractivity contribution in [1.82, 2.24) is 15.0 Å². The van der Waals surface area contributed by atoms with Crippen LogP contribution in [-0.2, 0) is 17.9 Å². The van der Waals surface area contributed by atoms with Gasteiger partial charge in [-0.25, -0.2) is 13.2 Å². The molecule has 1 fully saturated rings. The van der Waals surface area contributed by atoms with E-state index in [2.05, 4.69) is 10.1 Å². The molecule has 0 radical (unpaired) electrons. The van der Waals surface area contributed by atoms with E-state index in [4.69, 9.17) is 9.26 Å². The van der Waals surface area contributed by atoms with Crippen LogP contribution in [0.25, 0.3) is 0 Å². The second kappa shape index (κ2) is 7.76. The van der Waals surface area contributed by atoms with E-state index in [1.165, 1.54) is 6.07 Å². The van der Waals surface area contributed by atoms with E-state index < -0.39 is 12.2 Å². The number of benzene rings is 1. The molecule has 0 saturated carbocycles. The van der Waals surface area contributed by atoms with Crippen LogP contribution in [0.4, 0.5) is 13.2 Å². The second-order valence-corrected chi connectivity index (χ2v) is 5.75. The van der Waals surface area contributed by atoms with Crippen molar-refractivity contribution in [2.45, 2.75) is 38.5 Å². The van der Waals surface area contributed by atoms with E-state index in [1.807, 2.05) is 4.90 Å². The van der Waals surface area contributed by atoms with Gasteiger partial charge in [0.1, 0.15) is 5.82 Å². The lowest BCUT2D eigenvalue weighted by molar-refractivity contribution is -0.0150. The highest BCUT2D eigenvalue weighted by Gasteiger charge is 2.23. The first-order valence-corrected chi connectivity index (χ1v) is 7.80. The van der Waals surface area contributed by atoms with Crippen LogP contribution in [-0.4, -0.2) is 34.2 Å². The summed E-state index contributed by atoms with van der Waals surface area (Å²) in [7, 11) is 0. The van der Waals surface area contributed by atoms with Gasteiger partial charge in [-0.05, 0) is 25.5 Å². The SMILES string of the molecule is Fc1ccccc1CO[C@H]1CCCN(Cc2nc(C(F)F)no2)C1. The zero-order chi connectivity index (χ0) is 16.9. The van der Waals surface area contributed by atoms with Crippen LogP contribution in [0.1, 0.15) is 36.5 Å². The monoisotopic (exact) mass is 341 g/mol. The molecular formula is C16H18F3N3O2. The molecule has 1 aliphatic heterocycles. The van der Waals surface area contributed by atoms with Gasteiger partial charge in [-0.15, -0.1) is 0 Å². The lowest BCUT2D eigenvalue weighted by Crippen LogP contribution is -2.39. The zero-order valence-corrected chi connectivity index (χ0v) is 13.0. The molecule has 130 valence electrons. The van der Waals surface area contributed by atoms with Gasteiger partial charge in [0, 0.05) is 12.1 Å². The summed E-state index contributed by atoms with van der Waals surface area (Å²) in [5.74, 6) is -0.704. The second-order valence-electron chi connectivity index (χ2n) is 5.75. The fourth-order valence-electron chi connectivity index (χ4n) is 2.73. The van der Waals surface area contributed by atoms with Gasteiger partial charge < -0.3 is 9.26 Å². The van der Waals surface area contributed by atoms with E-state index >= 15 is 0 Å². The van der Waals surface area contributed by atoms with E-state index in [0.717, 1.165) is 19.4 Å².